The molecule has 2 aromatic heterocycles. The van der Waals surface area contributed by atoms with E-state index in [1.54, 1.807) is 0 Å². The second kappa shape index (κ2) is 11.9. The summed E-state index contributed by atoms with van der Waals surface area (Å²) in [7, 11) is 0. The van der Waals surface area contributed by atoms with Crippen molar-refractivity contribution in [3.63, 3.8) is 0 Å². The number of hydrogen-bond acceptors (Lipinski definition) is 4. The van der Waals surface area contributed by atoms with Gasteiger partial charge in [0.15, 0.2) is 0 Å². The maximum Gasteiger partial charge on any atom is 0.0476 e. The fourth-order valence-electron chi connectivity index (χ4n) is 7.33. The second-order valence-electron chi connectivity index (χ2n) is 12.6. The molecule has 0 unspecified atom stereocenters. The van der Waals surface area contributed by atoms with E-state index in [4.69, 9.17) is 0 Å². The highest BCUT2D eigenvalue weighted by Crippen LogP contribution is 2.45. The predicted octanol–water partition coefficient (Wildman–Crippen LogP) is 14.5. The maximum atomic E-state index is 2.39. The Morgan fingerprint density at radius 3 is 1.42 bits per heavy atom. The zero-order valence-corrected chi connectivity index (χ0v) is 28.7. The molecule has 2 nitrogen and oxygen atoms in total. The maximum absolute atomic E-state index is 2.39. The van der Waals surface area contributed by atoms with Crippen LogP contribution in [0.2, 0.25) is 0 Å². The van der Waals surface area contributed by atoms with Crippen LogP contribution in [0.4, 0.5) is 34.1 Å². The van der Waals surface area contributed by atoms with Gasteiger partial charge in [0.25, 0.3) is 0 Å². The number of hydrogen-bond donors (Lipinski definition) is 0. The topological polar surface area (TPSA) is 6.48 Å². The summed E-state index contributed by atoms with van der Waals surface area (Å²) in [6.07, 6.45) is 0. The molecule has 0 saturated carbocycles. The lowest BCUT2D eigenvalue weighted by molar-refractivity contribution is 1.29. The van der Waals surface area contributed by atoms with E-state index < -0.39 is 0 Å². The van der Waals surface area contributed by atoms with Gasteiger partial charge in [-0.2, -0.15) is 0 Å². The van der Waals surface area contributed by atoms with Gasteiger partial charge < -0.3 is 9.80 Å². The average molecular weight is 675 g/mol. The second-order valence-corrected chi connectivity index (χ2v) is 14.8. The normalized spacial score (nSPS) is 11.6. The SMILES string of the molecule is c1ccc(N(c2ccc3c(c2)sc2ccc(N(c4ccccc4)c4ccccc4)cc23)c2ccc3c(c2)sc2ccc4ccccc4c23)cc1. The molecule has 0 spiro atoms. The summed E-state index contributed by atoms with van der Waals surface area (Å²) in [5.41, 5.74) is 6.88. The molecule has 50 heavy (non-hydrogen) atoms. The molecule has 0 aliphatic rings. The van der Waals surface area contributed by atoms with Gasteiger partial charge in [-0.05, 0) is 95.7 Å². The van der Waals surface area contributed by atoms with E-state index in [-0.39, 0.29) is 0 Å². The van der Waals surface area contributed by atoms with Gasteiger partial charge in [0.2, 0.25) is 0 Å². The van der Waals surface area contributed by atoms with E-state index in [9.17, 15) is 0 Å². The van der Waals surface area contributed by atoms with E-state index >= 15 is 0 Å². The summed E-state index contributed by atoms with van der Waals surface area (Å²) >= 11 is 3.73. The molecular weight excluding hydrogens is 645 g/mol. The highest BCUT2D eigenvalue weighted by atomic mass is 32.1. The first kappa shape index (κ1) is 29.0. The van der Waals surface area contributed by atoms with Crippen molar-refractivity contribution in [3.05, 3.63) is 182 Å². The fourth-order valence-corrected chi connectivity index (χ4v) is 9.61. The molecule has 10 rings (SSSR count). The standard InChI is InChI=1S/C46H30N2S2/c1-4-13-32(14-5-1)47(33-15-6-2-7-16-33)35-23-27-42-41(28-35)39-24-21-36(29-44(39)49-42)48(34-17-8-3-9-18-34)37-22-25-40-45(30-37)50-43-26-20-31-12-10-11-19-38(31)46(40)43/h1-30H. The average Bonchev–Trinajstić information content (AvgIpc) is 3.74. The lowest BCUT2D eigenvalue weighted by Crippen LogP contribution is -2.09. The predicted molar refractivity (Wildman–Crippen MR) is 219 cm³/mol. The number of thiophene rings is 2. The van der Waals surface area contributed by atoms with Crippen LogP contribution in [0.5, 0.6) is 0 Å². The van der Waals surface area contributed by atoms with E-state index in [1.807, 2.05) is 22.7 Å². The Morgan fingerprint density at radius 1 is 0.280 bits per heavy atom. The smallest absolute Gasteiger partial charge is 0.0476 e. The third-order valence-electron chi connectivity index (χ3n) is 9.60. The summed E-state index contributed by atoms with van der Waals surface area (Å²) in [4.78, 5) is 4.73. The zero-order chi connectivity index (χ0) is 33.0. The van der Waals surface area contributed by atoms with Crippen molar-refractivity contribution < 1.29 is 0 Å². The number of anilines is 6. The Hall–Kier alpha value is -5.94. The largest absolute Gasteiger partial charge is 0.310 e. The van der Waals surface area contributed by atoms with Crippen molar-refractivity contribution in [1.29, 1.82) is 0 Å². The van der Waals surface area contributed by atoms with Crippen molar-refractivity contribution >= 4 is 108 Å². The molecule has 0 aliphatic carbocycles. The summed E-state index contributed by atoms with van der Waals surface area (Å²) in [6.45, 7) is 0. The monoisotopic (exact) mass is 674 g/mol. The molecule has 2 heterocycles. The van der Waals surface area contributed by atoms with Crippen LogP contribution in [0.3, 0.4) is 0 Å². The molecule has 0 N–H and O–H groups in total. The van der Waals surface area contributed by atoms with Gasteiger partial charge in [0.1, 0.15) is 0 Å². The third-order valence-corrected chi connectivity index (χ3v) is 11.9. The van der Waals surface area contributed by atoms with E-state index in [1.165, 1.54) is 51.1 Å². The molecule has 0 saturated heterocycles. The van der Waals surface area contributed by atoms with Crippen molar-refractivity contribution in [1.82, 2.24) is 0 Å². The minimum Gasteiger partial charge on any atom is -0.310 e. The van der Waals surface area contributed by atoms with Crippen LogP contribution < -0.4 is 9.80 Å². The van der Waals surface area contributed by atoms with Crippen molar-refractivity contribution in [3.8, 4) is 0 Å². The first-order chi connectivity index (χ1) is 24.8. The van der Waals surface area contributed by atoms with Crippen molar-refractivity contribution in [2.75, 3.05) is 9.80 Å². The van der Waals surface area contributed by atoms with Crippen LogP contribution in [0.1, 0.15) is 0 Å². The lowest BCUT2D eigenvalue weighted by atomic mass is 10.0. The first-order valence-corrected chi connectivity index (χ1v) is 18.5. The van der Waals surface area contributed by atoms with Crippen LogP contribution in [-0.4, -0.2) is 0 Å². The zero-order valence-electron chi connectivity index (χ0n) is 27.0. The summed E-state index contributed by atoms with van der Waals surface area (Å²) in [5.74, 6) is 0. The lowest BCUT2D eigenvalue weighted by Gasteiger charge is -2.26. The Morgan fingerprint density at radius 2 is 0.760 bits per heavy atom. The van der Waals surface area contributed by atoms with Gasteiger partial charge in [-0.25, -0.2) is 0 Å². The molecule has 8 aromatic carbocycles. The molecule has 0 radical (unpaired) electrons. The van der Waals surface area contributed by atoms with Crippen LogP contribution in [0.25, 0.3) is 51.1 Å². The minimum absolute atomic E-state index is 1.14. The van der Waals surface area contributed by atoms with Gasteiger partial charge >= 0.3 is 0 Å². The number of para-hydroxylation sites is 3. The quantitative estimate of drug-likeness (QED) is 0.173. The number of nitrogens with zero attached hydrogens (tertiary/aromatic N) is 2. The van der Waals surface area contributed by atoms with Gasteiger partial charge in [-0.15, -0.1) is 22.7 Å². The number of fused-ring (bicyclic) bond motifs is 8. The number of benzene rings is 8. The Labute approximate surface area is 298 Å². The van der Waals surface area contributed by atoms with Gasteiger partial charge in [0, 0.05) is 74.5 Å². The van der Waals surface area contributed by atoms with E-state index in [0.29, 0.717) is 0 Å². The molecule has 0 bridgehead atoms. The van der Waals surface area contributed by atoms with Gasteiger partial charge in [-0.1, -0.05) is 97.1 Å². The minimum atomic E-state index is 1.14. The molecular formula is C46H30N2S2. The van der Waals surface area contributed by atoms with Crippen LogP contribution in [0, 0.1) is 0 Å². The van der Waals surface area contributed by atoms with Gasteiger partial charge in [-0.3, -0.25) is 0 Å². The fraction of sp³-hybridized carbons (Fsp3) is 0. The van der Waals surface area contributed by atoms with Gasteiger partial charge in [0.05, 0.1) is 0 Å². The first-order valence-electron chi connectivity index (χ1n) is 16.8. The molecule has 0 amide bonds. The van der Waals surface area contributed by atoms with Crippen LogP contribution >= 0.6 is 22.7 Å². The van der Waals surface area contributed by atoms with E-state index in [2.05, 4.69) is 192 Å². The van der Waals surface area contributed by atoms with E-state index in [0.717, 1.165) is 34.1 Å². The Kier molecular flexibility index (Phi) is 6.90. The molecule has 0 atom stereocenters. The summed E-state index contributed by atoms with van der Waals surface area (Å²) in [6, 6.07) is 66.0. The Balaban J connectivity index is 1.10. The molecule has 4 heteroatoms. The molecule has 236 valence electrons. The molecule has 0 fully saturated rings. The van der Waals surface area contributed by atoms with Crippen molar-refractivity contribution in [2.24, 2.45) is 0 Å². The third kappa shape index (κ3) is 4.84. The molecule has 10 aromatic rings. The highest BCUT2D eigenvalue weighted by Gasteiger charge is 2.18. The molecule has 0 aliphatic heterocycles. The summed E-state index contributed by atoms with van der Waals surface area (Å²) in [5, 5.41) is 7.82. The summed E-state index contributed by atoms with van der Waals surface area (Å²) < 4.78 is 5.18. The van der Waals surface area contributed by atoms with Crippen LogP contribution in [0.15, 0.2) is 182 Å². The Bertz CT molecular complexity index is 2780. The highest BCUT2D eigenvalue weighted by molar-refractivity contribution is 7.26. The van der Waals surface area contributed by atoms with Crippen LogP contribution in [-0.2, 0) is 0 Å². The number of rotatable bonds is 6. The van der Waals surface area contributed by atoms with Crippen molar-refractivity contribution in [2.45, 2.75) is 0 Å².